The zero-order valence-electron chi connectivity index (χ0n) is 27.6. The molecule has 0 bridgehead atoms. The molecule has 0 atom stereocenters. The van der Waals surface area contributed by atoms with Crippen LogP contribution in [0.25, 0.3) is 55.6 Å². The molecule has 40 heavy (non-hydrogen) atoms. The first-order chi connectivity index (χ1) is 22.1. The van der Waals surface area contributed by atoms with E-state index in [4.69, 9.17) is 13.0 Å². The van der Waals surface area contributed by atoms with Crippen LogP contribution >= 0.6 is 0 Å². The second-order valence-electron chi connectivity index (χ2n) is 10.4. The molecule has 1 aliphatic heterocycles. The fraction of sp³-hybridized carbons (Fsp3) is 0.0769. The van der Waals surface area contributed by atoms with E-state index in [1.54, 1.807) is 36.4 Å². The number of hydrogen-bond donors (Lipinski definition) is 0. The Morgan fingerprint density at radius 3 is 1.52 bits per heavy atom. The Balaban J connectivity index is 1.42. The summed E-state index contributed by atoms with van der Waals surface area (Å²) in [6, 6.07) is 43.2. The minimum absolute atomic E-state index is 0.134. The third-order valence-corrected chi connectivity index (χ3v) is 8.19. The molecule has 1 nitrogen and oxygen atoms in total. The van der Waals surface area contributed by atoms with E-state index in [0.29, 0.717) is 5.56 Å². The van der Waals surface area contributed by atoms with Crippen LogP contribution in [0.5, 0.6) is 11.5 Å². The summed E-state index contributed by atoms with van der Waals surface area (Å²) in [5.74, 6) is 0.482. The topological polar surface area (TPSA) is 9.23 Å². The zero-order chi connectivity index (χ0) is 31.8. The van der Waals surface area contributed by atoms with E-state index in [-0.39, 0.29) is 22.6 Å². The van der Waals surface area contributed by atoms with Gasteiger partial charge in [0.2, 0.25) is 0 Å². The molecule has 190 valence electrons. The predicted molar refractivity (Wildman–Crippen MR) is 166 cm³/mol. The van der Waals surface area contributed by atoms with E-state index in [2.05, 4.69) is 78.9 Å². The molecule has 0 saturated heterocycles. The monoisotopic (exact) mass is 518 g/mol. The Labute approximate surface area is 243 Å². The van der Waals surface area contributed by atoms with Gasteiger partial charge in [0.1, 0.15) is 11.5 Å². The molecule has 1 heterocycles. The number of hydrogen-bond acceptors (Lipinski definition) is 1. The maximum atomic E-state index is 8.66. The molecular weight excluding hydrogens is 484 g/mol. The average molecular weight is 519 g/mol. The van der Waals surface area contributed by atoms with E-state index in [9.17, 15) is 0 Å². The Morgan fingerprint density at radius 2 is 0.925 bits per heavy atom. The molecule has 1 aliphatic carbocycles. The molecule has 0 spiro atoms. The summed E-state index contributed by atoms with van der Waals surface area (Å²) in [6.45, 7) is -5.79. The van der Waals surface area contributed by atoms with E-state index < -0.39 is 19.1 Å². The lowest BCUT2D eigenvalue weighted by Gasteiger charge is -2.35. The van der Waals surface area contributed by atoms with Crippen molar-refractivity contribution in [3.05, 3.63) is 145 Å². The van der Waals surface area contributed by atoms with E-state index in [0.717, 1.165) is 50.1 Å². The number of fused-ring (bicyclic) bond motifs is 10. The normalized spacial score (nSPS) is 16.5. The van der Waals surface area contributed by atoms with Gasteiger partial charge in [0.25, 0.3) is 0 Å². The van der Waals surface area contributed by atoms with Crippen LogP contribution in [0.1, 0.15) is 33.1 Å². The zero-order valence-corrected chi connectivity index (χ0v) is 21.6. The highest BCUT2D eigenvalue weighted by molar-refractivity contribution is 6.04. The lowest BCUT2D eigenvalue weighted by molar-refractivity contribution is 0.419. The Kier molecular flexibility index (Phi) is 3.78. The summed E-state index contributed by atoms with van der Waals surface area (Å²) in [5, 5.41) is 0. The molecule has 0 amide bonds. The molecule has 0 fully saturated rings. The number of ether oxygens (including phenoxy) is 1. The van der Waals surface area contributed by atoms with Crippen LogP contribution in [0, 0.1) is 0 Å². The summed E-state index contributed by atoms with van der Waals surface area (Å²) >= 11 is 0. The lowest BCUT2D eigenvalue weighted by atomic mass is 9.74. The van der Waals surface area contributed by atoms with Crippen molar-refractivity contribution >= 4 is 0 Å². The Morgan fingerprint density at radius 1 is 0.450 bits per heavy atom. The minimum atomic E-state index is -2.90. The average Bonchev–Trinajstić information content (AvgIpc) is 3.05. The van der Waals surface area contributed by atoms with Crippen LogP contribution in [0.4, 0.5) is 0 Å². The highest BCUT2D eigenvalue weighted by Gasteiger charge is 2.35. The molecule has 6 aromatic carbocycles. The standard InChI is InChI=1S/C39H28O/c1-39(2)35-19-9-10-21-37(35)40-38-26(18-11-20-36(38)39)25-22-23-33-31-16-6-5-14-29(31)27-12-3-4-13-28(27)30-15-7-8-17-32(30)34(33)24-25/h3-24H,1-2H3/i1D3,2D3. The van der Waals surface area contributed by atoms with Crippen molar-refractivity contribution in [1.29, 1.82) is 0 Å². The van der Waals surface area contributed by atoms with Crippen molar-refractivity contribution in [3.8, 4) is 67.1 Å². The van der Waals surface area contributed by atoms with Crippen LogP contribution in [0.15, 0.2) is 133 Å². The first kappa shape index (κ1) is 17.7. The third kappa shape index (κ3) is 3.28. The van der Waals surface area contributed by atoms with Gasteiger partial charge in [-0.3, -0.25) is 0 Å². The van der Waals surface area contributed by atoms with E-state index in [1.807, 2.05) is 18.2 Å². The molecule has 8 rings (SSSR count). The van der Waals surface area contributed by atoms with Gasteiger partial charge in [0.15, 0.2) is 0 Å². The highest BCUT2D eigenvalue weighted by atomic mass is 16.5. The van der Waals surface area contributed by atoms with Crippen LogP contribution < -0.4 is 4.74 Å². The van der Waals surface area contributed by atoms with E-state index in [1.165, 1.54) is 0 Å². The van der Waals surface area contributed by atoms with Crippen molar-refractivity contribution in [3.63, 3.8) is 0 Å². The van der Waals surface area contributed by atoms with Crippen molar-refractivity contribution in [2.75, 3.05) is 0 Å². The molecule has 2 aliphatic rings. The van der Waals surface area contributed by atoms with Gasteiger partial charge in [-0.2, -0.15) is 0 Å². The maximum Gasteiger partial charge on any atom is 0.139 e. The number of para-hydroxylation sites is 2. The molecule has 6 aromatic rings. The van der Waals surface area contributed by atoms with Crippen LogP contribution in [0.2, 0.25) is 0 Å². The smallest absolute Gasteiger partial charge is 0.139 e. The molecule has 0 radical (unpaired) electrons. The fourth-order valence-electron chi connectivity index (χ4n) is 6.32. The highest BCUT2D eigenvalue weighted by Crippen LogP contribution is 2.53. The summed E-state index contributed by atoms with van der Waals surface area (Å²) in [5.41, 5.74) is 8.21. The van der Waals surface area contributed by atoms with Crippen LogP contribution in [-0.4, -0.2) is 0 Å². The minimum Gasteiger partial charge on any atom is -0.456 e. The van der Waals surface area contributed by atoms with E-state index >= 15 is 0 Å². The second kappa shape index (κ2) is 8.56. The molecule has 1 heteroatoms. The molecule has 0 saturated carbocycles. The van der Waals surface area contributed by atoms with Crippen molar-refractivity contribution in [1.82, 2.24) is 0 Å². The predicted octanol–water partition coefficient (Wildman–Crippen LogP) is 10.8. The summed E-state index contributed by atoms with van der Waals surface area (Å²) in [6.07, 6.45) is 0. The van der Waals surface area contributed by atoms with Gasteiger partial charge in [-0.1, -0.05) is 135 Å². The molecule has 0 aromatic heterocycles. The number of rotatable bonds is 1. The SMILES string of the molecule is [2H]C([2H])([2H])C1(C([2H])([2H])[2H])c2ccccc2Oc2c(-c3ccc4c(c3)-c3ccccc3-c3ccccc3-c3ccccc3-4)cccc21. The van der Waals surface area contributed by atoms with Gasteiger partial charge in [-0.05, 0) is 62.2 Å². The van der Waals surface area contributed by atoms with Gasteiger partial charge >= 0.3 is 0 Å². The molecular formula is C39H28O. The third-order valence-electron chi connectivity index (χ3n) is 8.19. The van der Waals surface area contributed by atoms with Crippen molar-refractivity contribution < 1.29 is 13.0 Å². The lowest BCUT2D eigenvalue weighted by Crippen LogP contribution is -2.24. The van der Waals surface area contributed by atoms with Gasteiger partial charge in [0.05, 0.1) is 0 Å². The van der Waals surface area contributed by atoms with Crippen LogP contribution in [0.3, 0.4) is 0 Å². The first-order valence-electron chi connectivity index (χ1n) is 16.4. The van der Waals surface area contributed by atoms with Crippen molar-refractivity contribution in [2.24, 2.45) is 0 Å². The van der Waals surface area contributed by atoms with Gasteiger partial charge in [-0.15, -0.1) is 0 Å². The van der Waals surface area contributed by atoms with Gasteiger partial charge in [-0.25, -0.2) is 0 Å². The second-order valence-corrected chi connectivity index (χ2v) is 10.4. The first-order valence-corrected chi connectivity index (χ1v) is 13.4. The van der Waals surface area contributed by atoms with Gasteiger partial charge < -0.3 is 4.74 Å². The number of benzene rings is 6. The van der Waals surface area contributed by atoms with Gasteiger partial charge in [0, 0.05) is 30.3 Å². The fourth-order valence-corrected chi connectivity index (χ4v) is 6.32. The summed E-state index contributed by atoms with van der Waals surface area (Å²) in [4.78, 5) is 0. The summed E-state index contributed by atoms with van der Waals surface area (Å²) < 4.78 is 58.5. The Bertz CT molecular complexity index is 2160. The molecule has 0 unspecified atom stereocenters. The largest absolute Gasteiger partial charge is 0.456 e. The molecule has 0 N–H and O–H groups in total. The summed E-state index contributed by atoms with van der Waals surface area (Å²) in [7, 11) is 0. The maximum absolute atomic E-state index is 8.66. The quantitative estimate of drug-likeness (QED) is 0.210. The van der Waals surface area contributed by atoms with Crippen molar-refractivity contribution in [2.45, 2.75) is 19.1 Å². The Hall–Kier alpha value is -4.88. The van der Waals surface area contributed by atoms with Crippen LogP contribution in [-0.2, 0) is 5.41 Å².